The van der Waals surface area contributed by atoms with Crippen molar-refractivity contribution in [2.45, 2.75) is 38.5 Å². The van der Waals surface area contributed by atoms with Gasteiger partial charge in [0.25, 0.3) is 11.8 Å². The molecule has 1 aliphatic heterocycles. The minimum Gasteiger partial charge on any atom is -0.368 e. The Bertz CT molecular complexity index is 1050. The molecule has 8 heteroatoms. The van der Waals surface area contributed by atoms with Gasteiger partial charge < -0.3 is 20.7 Å². The molecule has 3 atom stereocenters. The third-order valence-corrected chi connectivity index (χ3v) is 5.22. The lowest BCUT2D eigenvalue weighted by molar-refractivity contribution is -0.127. The first kappa shape index (κ1) is 23.9. The Kier molecular flexibility index (Phi) is 7.74. The molecule has 1 saturated heterocycles. The molecule has 1 aliphatic rings. The number of rotatable bonds is 8. The lowest BCUT2D eigenvalue weighted by Crippen LogP contribution is -2.53. The van der Waals surface area contributed by atoms with Crippen molar-refractivity contribution in [1.29, 1.82) is 0 Å². The van der Waals surface area contributed by atoms with E-state index in [1.54, 1.807) is 26.0 Å². The lowest BCUT2D eigenvalue weighted by atomic mass is 10.0. The van der Waals surface area contributed by atoms with Crippen LogP contribution in [0.25, 0.3) is 0 Å². The van der Waals surface area contributed by atoms with Gasteiger partial charge in [0.15, 0.2) is 5.78 Å². The molecule has 8 nitrogen and oxygen atoms in total. The summed E-state index contributed by atoms with van der Waals surface area (Å²) in [5.74, 6) is -1.47. The average Bonchev–Trinajstić information content (AvgIpc) is 3.11. The summed E-state index contributed by atoms with van der Waals surface area (Å²) in [5, 5.41) is 8.13. The minimum atomic E-state index is -0.906. The molecule has 1 fully saturated rings. The van der Waals surface area contributed by atoms with E-state index in [-0.39, 0.29) is 24.7 Å². The zero-order valence-electron chi connectivity index (χ0n) is 18.6. The summed E-state index contributed by atoms with van der Waals surface area (Å²) in [4.78, 5) is 49.9. The van der Waals surface area contributed by atoms with Gasteiger partial charge in [-0.15, -0.1) is 6.58 Å². The van der Waals surface area contributed by atoms with Gasteiger partial charge in [0.2, 0.25) is 5.91 Å². The molecule has 3 amide bonds. The van der Waals surface area contributed by atoms with Gasteiger partial charge in [-0.3, -0.25) is 19.2 Å². The second-order valence-electron chi connectivity index (χ2n) is 8.05. The number of benzene rings is 2. The van der Waals surface area contributed by atoms with Crippen molar-refractivity contribution in [2.75, 3.05) is 11.9 Å². The summed E-state index contributed by atoms with van der Waals surface area (Å²) in [7, 11) is 0. The molecule has 3 N–H and O–H groups in total. The van der Waals surface area contributed by atoms with Crippen molar-refractivity contribution in [2.24, 2.45) is 0 Å². The van der Waals surface area contributed by atoms with Crippen LogP contribution in [-0.4, -0.2) is 48.3 Å². The molecular weight excluding hydrogens is 422 g/mol. The van der Waals surface area contributed by atoms with Gasteiger partial charge >= 0.3 is 0 Å². The van der Waals surface area contributed by atoms with Gasteiger partial charge in [0.05, 0.1) is 6.10 Å². The normalized spacial score (nSPS) is 18.3. The zero-order valence-corrected chi connectivity index (χ0v) is 18.6. The number of carbonyl (C=O) groups is 4. The van der Waals surface area contributed by atoms with Crippen LogP contribution in [0.3, 0.4) is 0 Å². The number of amides is 3. The van der Waals surface area contributed by atoms with Crippen molar-refractivity contribution in [3.05, 3.63) is 77.9 Å². The molecule has 1 heterocycles. The number of ketones is 1. The maximum atomic E-state index is 12.8. The highest BCUT2D eigenvalue weighted by molar-refractivity contribution is 6.05. The van der Waals surface area contributed by atoms with Crippen LogP contribution in [0.5, 0.6) is 0 Å². The van der Waals surface area contributed by atoms with E-state index in [0.29, 0.717) is 22.4 Å². The second-order valence-corrected chi connectivity index (χ2v) is 8.05. The summed E-state index contributed by atoms with van der Waals surface area (Å²) >= 11 is 0. The Morgan fingerprint density at radius 3 is 2.18 bits per heavy atom. The molecule has 0 aliphatic carbocycles. The van der Waals surface area contributed by atoms with E-state index < -0.39 is 30.0 Å². The molecule has 0 radical (unpaired) electrons. The van der Waals surface area contributed by atoms with Crippen LogP contribution >= 0.6 is 0 Å². The molecule has 0 saturated carbocycles. The number of para-hydroxylation sites is 1. The number of carbonyl (C=O) groups excluding carboxylic acids is 4. The first-order valence-corrected chi connectivity index (χ1v) is 10.6. The Labute approximate surface area is 192 Å². The first-order valence-electron chi connectivity index (χ1n) is 10.6. The fraction of sp³-hybridized carbons (Fsp3) is 0.280. The number of hydrogen-bond acceptors (Lipinski definition) is 5. The SMILES string of the molecule is C=C(C)C[C@H](NC(=O)c1ccc(C(=O)Nc2ccccc2)cc1)C(=O)N[C@@H]1C(=O)CO[C@@H]1C. The molecule has 0 bridgehead atoms. The van der Waals surface area contributed by atoms with E-state index in [4.69, 9.17) is 4.74 Å². The summed E-state index contributed by atoms with van der Waals surface area (Å²) < 4.78 is 5.26. The fourth-order valence-electron chi connectivity index (χ4n) is 3.41. The van der Waals surface area contributed by atoms with Gasteiger partial charge in [-0.25, -0.2) is 0 Å². The zero-order chi connectivity index (χ0) is 24.0. The van der Waals surface area contributed by atoms with Crippen molar-refractivity contribution < 1.29 is 23.9 Å². The molecule has 2 aromatic rings. The summed E-state index contributed by atoms with van der Waals surface area (Å²) in [5.41, 5.74) is 2.05. The summed E-state index contributed by atoms with van der Waals surface area (Å²) in [6, 6.07) is 13.5. The van der Waals surface area contributed by atoms with Gasteiger partial charge in [0, 0.05) is 16.8 Å². The van der Waals surface area contributed by atoms with E-state index in [2.05, 4.69) is 22.5 Å². The number of nitrogens with one attached hydrogen (secondary N) is 3. The van der Waals surface area contributed by atoms with Crippen LogP contribution in [0.4, 0.5) is 5.69 Å². The number of hydrogen-bond donors (Lipinski definition) is 3. The van der Waals surface area contributed by atoms with Crippen LogP contribution in [0.15, 0.2) is 66.7 Å². The molecule has 3 rings (SSSR count). The Hall–Kier alpha value is -3.78. The summed E-state index contributed by atoms with van der Waals surface area (Å²) in [6.45, 7) is 7.22. The van der Waals surface area contributed by atoms with Crippen LogP contribution in [0.2, 0.25) is 0 Å². The number of Topliss-reactive ketones (excluding diaryl/α,β-unsaturated/α-hetero) is 1. The van der Waals surface area contributed by atoms with Crippen molar-refractivity contribution in [3.63, 3.8) is 0 Å². The highest BCUT2D eigenvalue weighted by Crippen LogP contribution is 2.13. The number of ether oxygens (including phenoxy) is 1. The molecule has 2 aromatic carbocycles. The van der Waals surface area contributed by atoms with E-state index >= 15 is 0 Å². The van der Waals surface area contributed by atoms with Crippen LogP contribution in [0.1, 0.15) is 41.0 Å². The Balaban J connectivity index is 1.65. The molecule has 172 valence electrons. The quantitative estimate of drug-likeness (QED) is 0.536. The van der Waals surface area contributed by atoms with E-state index in [9.17, 15) is 19.2 Å². The van der Waals surface area contributed by atoms with Crippen molar-refractivity contribution >= 4 is 29.2 Å². The van der Waals surface area contributed by atoms with Crippen molar-refractivity contribution in [3.8, 4) is 0 Å². The standard InChI is InChI=1S/C25H27N3O5/c1-15(2)13-20(25(32)28-22-16(3)33-14-21(22)29)27-24(31)18-11-9-17(10-12-18)23(30)26-19-7-5-4-6-8-19/h4-12,16,20,22H,1,13-14H2,2-3H3,(H,26,30)(H,27,31)(H,28,32)/t16-,20+,22+/m1/s1. The molecular formula is C25H27N3O5. The predicted octanol–water partition coefficient (Wildman–Crippen LogP) is 2.48. The monoisotopic (exact) mass is 449 g/mol. The molecule has 0 spiro atoms. The first-order chi connectivity index (χ1) is 15.7. The van der Waals surface area contributed by atoms with Crippen LogP contribution in [0, 0.1) is 0 Å². The van der Waals surface area contributed by atoms with Gasteiger partial charge in [-0.05, 0) is 56.7 Å². The summed E-state index contributed by atoms with van der Waals surface area (Å²) in [6.07, 6.45) is -0.220. The maximum absolute atomic E-state index is 12.8. The van der Waals surface area contributed by atoms with Gasteiger partial charge in [-0.2, -0.15) is 0 Å². The van der Waals surface area contributed by atoms with Crippen molar-refractivity contribution in [1.82, 2.24) is 10.6 Å². The Morgan fingerprint density at radius 2 is 1.64 bits per heavy atom. The highest BCUT2D eigenvalue weighted by atomic mass is 16.5. The predicted molar refractivity (Wildman–Crippen MR) is 124 cm³/mol. The molecule has 33 heavy (non-hydrogen) atoms. The highest BCUT2D eigenvalue weighted by Gasteiger charge is 2.35. The van der Waals surface area contributed by atoms with Crippen LogP contribution in [-0.2, 0) is 14.3 Å². The van der Waals surface area contributed by atoms with E-state index in [1.807, 2.05) is 18.2 Å². The third kappa shape index (κ3) is 6.36. The molecule has 0 unspecified atom stereocenters. The van der Waals surface area contributed by atoms with E-state index in [1.165, 1.54) is 24.3 Å². The second kappa shape index (κ2) is 10.7. The topological polar surface area (TPSA) is 114 Å². The average molecular weight is 450 g/mol. The fourth-order valence-corrected chi connectivity index (χ4v) is 3.41. The smallest absolute Gasteiger partial charge is 0.255 e. The number of anilines is 1. The largest absolute Gasteiger partial charge is 0.368 e. The molecule has 0 aromatic heterocycles. The minimum absolute atomic E-state index is 0.0478. The Morgan fingerprint density at radius 1 is 1.03 bits per heavy atom. The van der Waals surface area contributed by atoms with Gasteiger partial charge in [0.1, 0.15) is 18.7 Å². The third-order valence-electron chi connectivity index (χ3n) is 5.22. The van der Waals surface area contributed by atoms with Crippen LogP contribution < -0.4 is 16.0 Å². The maximum Gasteiger partial charge on any atom is 0.255 e. The van der Waals surface area contributed by atoms with Gasteiger partial charge in [-0.1, -0.05) is 23.8 Å². The lowest BCUT2D eigenvalue weighted by Gasteiger charge is -2.22. The van der Waals surface area contributed by atoms with E-state index in [0.717, 1.165) is 0 Å².